The smallest absolute Gasteiger partial charge is 0.220 e. The minimum absolute atomic E-state index is 0.169. The lowest BCUT2D eigenvalue weighted by Gasteiger charge is -2.24. The van der Waals surface area contributed by atoms with Gasteiger partial charge < -0.3 is 11.1 Å². The van der Waals surface area contributed by atoms with Crippen LogP contribution in [0.15, 0.2) is 0 Å². The fraction of sp³-hybridized carbons (Fsp3) is 0.933. The van der Waals surface area contributed by atoms with Crippen LogP contribution < -0.4 is 11.1 Å². The maximum Gasteiger partial charge on any atom is 0.220 e. The van der Waals surface area contributed by atoms with Gasteiger partial charge in [-0.2, -0.15) is 0 Å². The van der Waals surface area contributed by atoms with E-state index in [1.54, 1.807) is 0 Å². The highest BCUT2D eigenvalue weighted by molar-refractivity contribution is 5.75. The predicted molar refractivity (Wildman–Crippen MR) is 76.3 cm³/mol. The molecule has 0 aromatic heterocycles. The van der Waals surface area contributed by atoms with Gasteiger partial charge >= 0.3 is 0 Å². The normalized spacial score (nSPS) is 17.1. The summed E-state index contributed by atoms with van der Waals surface area (Å²) in [4.78, 5) is 11.8. The molecule has 0 saturated heterocycles. The fourth-order valence-electron chi connectivity index (χ4n) is 2.73. The Morgan fingerprint density at radius 3 is 2.61 bits per heavy atom. The van der Waals surface area contributed by atoms with Crippen molar-refractivity contribution >= 4 is 5.91 Å². The maximum atomic E-state index is 11.8. The predicted octanol–water partition coefficient (Wildman–Crippen LogP) is 2.84. The van der Waals surface area contributed by atoms with Gasteiger partial charge in [-0.15, -0.1) is 0 Å². The van der Waals surface area contributed by atoms with Crippen LogP contribution >= 0.6 is 0 Å². The second-order valence-corrected chi connectivity index (χ2v) is 6.52. The van der Waals surface area contributed by atoms with Crippen LogP contribution in [0.5, 0.6) is 0 Å². The van der Waals surface area contributed by atoms with Crippen LogP contribution in [0.3, 0.4) is 0 Å². The Morgan fingerprint density at radius 2 is 2.00 bits per heavy atom. The lowest BCUT2D eigenvalue weighted by Crippen LogP contribution is -2.34. The van der Waals surface area contributed by atoms with Crippen LogP contribution in [0.2, 0.25) is 0 Å². The summed E-state index contributed by atoms with van der Waals surface area (Å²) in [5.74, 6) is 1.03. The van der Waals surface area contributed by atoms with Crippen LogP contribution in [0.1, 0.15) is 65.2 Å². The molecule has 0 bridgehead atoms. The lowest BCUT2D eigenvalue weighted by atomic mass is 9.87. The van der Waals surface area contributed by atoms with Crippen LogP contribution in [-0.4, -0.2) is 19.0 Å². The summed E-state index contributed by atoms with van der Waals surface area (Å²) in [5.41, 5.74) is 5.69. The Balaban J connectivity index is 2.11. The molecular formula is C15H30N2O. The zero-order valence-electron chi connectivity index (χ0n) is 12.1. The highest BCUT2D eigenvalue weighted by Gasteiger charge is 2.19. The SMILES string of the molecule is CC(C)(CCCN)CNC(=O)CCC1CCCC1. The Bertz CT molecular complexity index is 245. The molecule has 0 radical (unpaired) electrons. The molecule has 0 aliphatic heterocycles. The number of nitrogens with one attached hydrogen (secondary N) is 1. The number of hydrogen-bond acceptors (Lipinski definition) is 2. The second-order valence-electron chi connectivity index (χ2n) is 6.52. The van der Waals surface area contributed by atoms with Crippen molar-refractivity contribution in [2.24, 2.45) is 17.1 Å². The van der Waals surface area contributed by atoms with E-state index in [-0.39, 0.29) is 11.3 Å². The minimum Gasteiger partial charge on any atom is -0.356 e. The third kappa shape index (κ3) is 6.39. The van der Waals surface area contributed by atoms with E-state index in [0.717, 1.165) is 38.3 Å². The van der Waals surface area contributed by atoms with E-state index in [9.17, 15) is 4.79 Å². The first kappa shape index (κ1) is 15.5. The molecule has 0 unspecified atom stereocenters. The molecule has 0 aromatic carbocycles. The Hall–Kier alpha value is -0.570. The average Bonchev–Trinajstić information content (AvgIpc) is 2.84. The van der Waals surface area contributed by atoms with Gasteiger partial charge in [0.15, 0.2) is 0 Å². The summed E-state index contributed by atoms with van der Waals surface area (Å²) in [7, 11) is 0. The van der Waals surface area contributed by atoms with Crippen LogP contribution in [-0.2, 0) is 4.79 Å². The largest absolute Gasteiger partial charge is 0.356 e. The molecule has 1 saturated carbocycles. The highest BCUT2D eigenvalue weighted by atomic mass is 16.1. The molecule has 0 atom stereocenters. The van der Waals surface area contributed by atoms with E-state index in [1.165, 1.54) is 25.7 Å². The fourth-order valence-corrected chi connectivity index (χ4v) is 2.73. The lowest BCUT2D eigenvalue weighted by molar-refractivity contribution is -0.121. The third-order valence-electron chi connectivity index (χ3n) is 4.08. The van der Waals surface area contributed by atoms with Crippen molar-refractivity contribution < 1.29 is 4.79 Å². The molecule has 18 heavy (non-hydrogen) atoms. The molecule has 106 valence electrons. The van der Waals surface area contributed by atoms with Crippen molar-refractivity contribution in [1.82, 2.24) is 5.32 Å². The van der Waals surface area contributed by atoms with Crippen molar-refractivity contribution in [3.05, 3.63) is 0 Å². The van der Waals surface area contributed by atoms with Gasteiger partial charge in [0.25, 0.3) is 0 Å². The van der Waals surface area contributed by atoms with E-state index in [4.69, 9.17) is 5.73 Å². The first-order valence-corrected chi connectivity index (χ1v) is 7.50. The van der Waals surface area contributed by atoms with Gasteiger partial charge in [0.1, 0.15) is 0 Å². The summed E-state index contributed by atoms with van der Waals surface area (Å²) in [6.07, 6.45) is 9.27. The summed E-state index contributed by atoms with van der Waals surface area (Å²) in [6.45, 7) is 5.90. The number of nitrogens with two attached hydrogens (primary N) is 1. The molecule has 1 rings (SSSR count). The summed E-state index contributed by atoms with van der Waals surface area (Å²) in [5, 5.41) is 3.08. The molecule has 0 heterocycles. The van der Waals surface area contributed by atoms with E-state index in [1.807, 2.05) is 0 Å². The third-order valence-corrected chi connectivity index (χ3v) is 4.08. The Kier molecular flexibility index (Phi) is 6.69. The van der Waals surface area contributed by atoms with Gasteiger partial charge in [0, 0.05) is 13.0 Å². The number of amides is 1. The molecule has 3 N–H and O–H groups in total. The number of carbonyl (C=O) groups excluding carboxylic acids is 1. The number of carbonyl (C=O) groups is 1. The standard InChI is InChI=1S/C15H30N2O/c1-15(2,10-5-11-16)12-17-14(18)9-8-13-6-3-4-7-13/h13H,3-12,16H2,1-2H3,(H,17,18). The topological polar surface area (TPSA) is 55.1 Å². The Labute approximate surface area is 112 Å². The average molecular weight is 254 g/mol. The maximum absolute atomic E-state index is 11.8. The van der Waals surface area contributed by atoms with Crippen molar-refractivity contribution in [3.8, 4) is 0 Å². The highest BCUT2D eigenvalue weighted by Crippen LogP contribution is 2.28. The monoisotopic (exact) mass is 254 g/mol. The quantitative estimate of drug-likeness (QED) is 0.700. The molecule has 0 aromatic rings. The van der Waals surface area contributed by atoms with Gasteiger partial charge in [0.05, 0.1) is 0 Å². The van der Waals surface area contributed by atoms with Gasteiger partial charge in [0.2, 0.25) is 5.91 Å². The van der Waals surface area contributed by atoms with Crippen molar-refractivity contribution in [2.45, 2.75) is 65.2 Å². The molecule has 1 amide bonds. The zero-order valence-corrected chi connectivity index (χ0v) is 12.1. The number of rotatable bonds is 8. The van der Waals surface area contributed by atoms with Crippen LogP contribution in [0.25, 0.3) is 0 Å². The first-order chi connectivity index (χ1) is 8.53. The van der Waals surface area contributed by atoms with Crippen molar-refractivity contribution in [3.63, 3.8) is 0 Å². The van der Waals surface area contributed by atoms with Gasteiger partial charge in [-0.3, -0.25) is 4.79 Å². The minimum atomic E-state index is 0.169. The Morgan fingerprint density at radius 1 is 1.33 bits per heavy atom. The molecule has 1 aliphatic carbocycles. The van der Waals surface area contributed by atoms with E-state index < -0.39 is 0 Å². The summed E-state index contributed by atoms with van der Waals surface area (Å²) in [6, 6.07) is 0. The van der Waals surface area contributed by atoms with Gasteiger partial charge in [-0.1, -0.05) is 39.5 Å². The summed E-state index contributed by atoms with van der Waals surface area (Å²) < 4.78 is 0. The molecule has 1 aliphatic rings. The van der Waals surface area contributed by atoms with Crippen LogP contribution in [0.4, 0.5) is 0 Å². The molecule has 3 nitrogen and oxygen atoms in total. The van der Waals surface area contributed by atoms with Gasteiger partial charge in [-0.05, 0) is 37.1 Å². The second kappa shape index (κ2) is 7.78. The number of hydrogen-bond donors (Lipinski definition) is 2. The first-order valence-electron chi connectivity index (χ1n) is 7.50. The zero-order chi connectivity index (χ0) is 13.4. The molecule has 1 fully saturated rings. The molecular weight excluding hydrogens is 224 g/mol. The van der Waals surface area contributed by atoms with Crippen molar-refractivity contribution in [1.29, 1.82) is 0 Å². The summed E-state index contributed by atoms with van der Waals surface area (Å²) >= 11 is 0. The molecule has 3 heteroatoms. The van der Waals surface area contributed by atoms with Gasteiger partial charge in [-0.25, -0.2) is 0 Å². The van der Waals surface area contributed by atoms with E-state index >= 15 is 0 Å². The van der Waals surface area contributed by atoms with Crippen LogP contribution in [0, 0.1) is 11.3 Å². The van der Waals surface area contributed by atoms with Crippen molar-refractivity contribution in [2.75, 3.05) is 13.1 Å². The molecule has 0 spiro atoms. The van der Waals surface area contributed by atoms with E-state index in [0.29, 0.717) is 6.42 Å². The van der Waals surface area contributed by atoms with E-state index in [2.05, 4.69) is 19.2 Å².